The Bertz CT molecular complexity index is 896. The summed E-state index contributed by atoms with van der Waals surface area (Å²) in [7, 11) is 0. The average molecular weight is 429 g/mol. The minimum atomic E-state index is -0.743. The van der Waals surface area contributed by atoms with Crippen molar-refractivity contribution in [2.24, 2.45) is 0 Å². The maximum Gasteiger partial charge on any atom is 0.332 e. The van der Waals surface area contributed by atoms with E-state index in [9.17, 15) is 14.0 Å². The largest absolute Gasteiger partial charge is 0.486 e. The molecule has 2 aliphatic rings. The molecule has 0 saturated carbocycles. The molecule has 1 aromatic heterocycles. The van der Waals surface area contributed by atoms with Gasteiger partial charge in [0.05, 0.1) is 15.0 Å². The number of halogens is 3. The summed E-state index contributed by atoms with van der Waals surface area (Å²) >= 11 is 13.3. The molecule has 1 unspecified atom stereocenters. The van der Waals surface area contributed by atoms with E-state index < -0.39 is 23.8 Å². The van der Waals surface area contributed by atoms with Gasteiger partial charge in [0.2, 0.25) is 0 Å². The molecule has 142 valence electrons. The third kappa shape index (κ3) is 3.39. The monoisotopic (exact) mass is 428 g/mol. The molecular weight excluding hydrogens is 414 g/mol. The number of fused-ring (bicyclic) bond motifs is 1. The van der Waals surface area contributed by atoms with E-state index in [1.165, 1.54) is 22.3 Å². The number of amides is 3. The lowest BCUT2D eigenvalue weighted by molar-refractivity contribution is -0.120. The molecular formula is C18H15Cl2FN2O3S. The molecule has 9 heteroatoms. The smallest absolute Gasteiger partial charge is 0.332 e. The van der Waals surface area contributed by atoms with Crippen LogP contribution in [0.3, 0.4) is 0 Å². The second-order valence-corrected chi connectivity index (χ2v) is 8.60. The normalized spacial score (nSPS) is 19.6. The van der Waals surface area contributed by atoms with Gasteiger partial charge in [0.25, 0.3) is 5.91 Å². The van der Waals surface area contributed by atoms with Crippen molar-refractivity contribution in [1.82, 2.24) is 4.90 Å². The molecule has 0 spiro atoms. The van der Waals surface area contributed by atoms with Crippen molar-refractivity contribution < 1.29 is 18.7 Å². The van der Waals surface area contributed by atoms with Crippen LogP contribution in [-0.4, -0.2) is 29.4 Å². The zero-order chi connectivity index (χ0) is 19.1. The fourth-order valence-corrected chi connectivity index (χ4v) is 4.59. The minimum Gasteiger partial charge on any atom is -0.486 e. The number of nitrogens with zero attached hydrogens (tertiary/aromatic N) is 2. The topological polar surface area (TPSA) is 49.9 Å². The highest BCUT2D eigenvalue weighted by Gasteiger charge is 2.47. The van der Waals surface area contributed by atoms with Crippen LogP contribution in [0, 0.1) is 5.82 Å². The van der Waals surface area contributed by atoms with Crippen LogP contribution in [0.2, 0.25) is 9.36 Å². The van der Waals surface area contributed by atoms with Gasteiger partial charge in [-0.2, -0.15) is 0 Å². The van der Waals surface area contributed by atoms with Gasteiger partial charge in [-0.15, -0.1) is 11.3 Å². The number of rotatable bonds is 4. The predicted octanol–water partition coefficient (Wildman–Crippen LogP) is 5.09. The Morgan fingerprint density at radius 2 is 2.04 bits per heavy atom. The van der Waals surface area contributed by atoms with Gasteiger partial charge in [-0.3, -0.25) is 4.79 Å². The zero-order valence-electron chi connectivity index (χ0n) is 14.1. The Labute approximate surface area is 169 Å². The first-order valence-electron chi connectivity index (χ1n) is 8.46. The number of hydrogen-bond acceptors (Lipinski definition) is 4. The van der Waals surface area contributed by atoms with E-state index in [0.717, 1.165) is 28.7 Å². The number of imide groups is 1. The highest BCUT2D eigenvalue weighted by Crippen LogP contribution is 2.37. The fourth-order valence-electron chi connectivity index (χ4n) is 3.39. The summed E-state index contributed by atoms with van der Waals surface area (Å²) in [6.07, 6.45) is 2.30. The number of carbonyl (C=O) groups excluding carboxylic acids is 2. The lowest BCUT2D eigenvalue weighted by Gasteiger charge is -2.26. The van der Waals surface area contributed by atoms with Crippen LogP contribution in [0.15, 0.2) is 24.3 Å². The van der Waals surface area contributed by atoms with Gasteiger partial charge in [0.15, 0.2) is 0 Å². The average Bonchev–Trinajstić information content (AvgIpc) is 3.17. The first kappa shape index (κ1) is 18.5. The van der Waals surface area contributed by atoms with Crippen LogP contribution < -0.4 is 9.64 Å². The van der Waals surface area contributed by atoms with E-state index in [2.05, 4.69) is 0 Å². The van der Waals surface area contributed by atoms with Gasteiger partial charge < -0.3 is 9.64 Å². The predicted molar refractivity (Wildman–Crippen MR) is 102 cm³/mol. The lowest BCUT2D eigenvalue weighted by atomic mass is 10.0. The van der Waals surface area contributed by atoms with E-state index in [1.54, 1.807) is 6.07 Å². The molecule has 2 saturated heterocycles. The summed E-state index contributed by atoms with van der Waals surface area (Å²) in [5.41, 5.74) is -0.136. The van der Waals surface area contributed by atoms with Crippen LogP contribution in [-0.2, 0) is 11.4 Å². The maximum absolute atomic E-state index is 14.6. The van der Waals surface area contributed by atoms with Crippen molar-refractivity contribution in [3.8, 4) is 5.75 Å². The van der Waals surface area contributed by atoms with Crippen molar-refractivity contribution in [2.75, 3.05) is 11.4 Å². The van der Waals surface area contributed by atoms with E-state index in [0.29, 0.717) is 17.3 Å². The number of hydrogen-bond donors (Lipinski definition) is 0. The van der Waals surface area contributed by atoms with Gasteiger partial charge in [-0.05, 0) is 37.5 Å². The highest BCUT2D eigenvalue weighted by atomic mass is 35.5. The van der Waals surface area contributed by atoms with Gasteiger partial charge in [0.1, 0.15) is 24.2 Å². The number of urea groups is 1. The number of thiophene rings is 1. The van der Waals surface area contributed by atoms with Crippen molar-refractivity contribution >= 4 is 52.2 Å². The van der Waals surface area contributed by atoms with Gasteiger partial charge in [0, 0.05) is 17.5 Å². The number of benzene rings is 1. The maximum atomic E-state index is 14.6. The van der Waals surface area contributed by atoms with Gasteiger partial charge in [-0.1, -0.05) is 23.2 Å². The third-order valence-corrected chi connectivity index (χ3v) is 6.19. The van der Waals surface area contributed by atoms with Crippen molar-refractivity contribution in [3.63, 3.8) is 0 Å². The molecule has 1 aromatic carbocycles. The Hall–Kier alpha value is -1.83. The van der Waals surface area contributed by atoms with Gasteiger partial charge >= 0.3 is 6.03 Å². The lowest BCUT2D eigenvalue weighted by Crippen LogP contribution is -2.39. The quantitative estimate of drug-likeness (QED) is 0.636. The van der Waals surface area contributed by atoms with Crippen molar-refractivity contribution in [3.05, 3.63) is 44.3 Å². The number of piperidine rings is 1. The third-order valence-electron chi connectivity index (χ3n) is 4.69. The zero-order valence-corrected chi connectivity index (χ0v) is 16.4. The highest BCUT2D eigenvalue weighted by molar-refractivity contribution is 7.16. The Morgan fingerprint density at radius 3 is 2.74 bits per heavy atom. The van der Waals surface area contributed by atoms with Crippen LogP contribution in [0.1, 0.15) is 24.1 Å². The molecule has 2 aromatic rings. The summed E-state index contributed by atoms with van der Waals surface area (Å²) in [4.78, 5) is 28.6. The van der Waals surface area contributed by atoms with Crippen LogP contribution in [0.4, 0.5) is 14.9 Å². The molecule has 0 aliphatic carbocycles. The van der Waals surface area contributed by atoms with Crippen molar-refractivity contribution in [2.45, 2.75) is 31.9 Å². The van der Waals surface area contributed by atoms with Gasteiger partial charge in [-0.25, -0.2) is 14.1 Å². The van der Waals surface area contributed by atoms with E-state index in [1.807, 2.05) is 6.07 Å². The second kappa shape index (κ2) is 7.30. The van der Waals surface area contributed by atoms with Crippen LogP contribution >= 0.6 is 34.5 Å². The molecule has 3 heterocycles. The van der Waals surface area contributed by atoms with Crippen LogP contribution in [0.5, 0.6) is 5.75 Å². The standard InChI is InChI=1S/C18H15Cl2FN2O3S/c19-11-7-12(21)14(8-15(11)26-9-10-4-5-16(20)27-10)23-17(24)13-3-1-2-6-22(13)18(23)25/h4-5,7-8,13H,1-3,6,9H2. The second-order valence-electron chi connectivity index (χ2n) is 6.39. The van der Waals surface area contributed by atoms with Crippen LogP contribution in [0.25, 0.3) is 0 Å². The first-order valence-corrected chi connectivity index (χ1v) is 10.0. The molecule has 2 fully saturated rings. The van der Waals surface area contributed by atoms with E-state index in [-0.39, 0.29) is 23.1 Å². The summed E-state index contributed by atoms with van der Waals surface area (Å²) in [6, 6.07) is 4.92. The Morgan fingerprint density at radius 1 is 1.22 bits per heavy atom. The summed E-state index contributed by atoms with van der Waals surface area (Å²) in [5, 5.41) is 0.0655. The fraction of sp³-hybridized carbons (Fsp3) is 0.333. The molecule has 0 N–H and O–H groups in total. The van der Waals surface area contributed by atoms with Crippen molar-refractivity contribution in [1.29, 1.82) is 0 Å². The summed E-state index contributed by atoms with van der Waals surface area (Å²) in [6.45, 7) is 0.697. The SMILES string of the molecule is O=C1C2CCCCN2C(=O)N1c1cc(OCc2ccc(Cl)s2)c(Cl)cc1F. The van der Waals surface area contributed by atoms with E-state index in [4.69, 9.17) is 27.9 Å². The molecule has 4 rings (SSSR count). The Balaban J connectivity index is 1.62. The molecule has 1 atom stereocenters. The Kier molecular flexibility index (Phi) is 5.01. The first-order chi connectivity index (χ1) is 13.0. The molecule has 2 aliphatic heterocycles. The number of carbonyl (C=O) groups is 2. The minimum absolute atomic E-state index is 0.0655. The molecule has 5 nitrogen and oxygen atoms in total. The molecule has 3 amide bonds. The van der Waals surface area contributed by atoms with E-state index >= 15 is 0 Å². The molecule has 0 bridgehead atoms. The molecule has 27 heavy (non-hydrogen) atoms. The molecule has 0 radical (unpaired) electrons. The summed E-state index contributed by atoms with van der Waals surface area (Å²) < 4.78 is 20.9. The number of anilines is 1. The number of ether oxygens (including phenoxy) is 1. The summed E-state index contributed by atoms with van der Waals surface area (Å²) in [5.74, 6) is -0.951.